The molecule has 5 heteroatoms. The summed E-state index contributed by atoms with van der Waals surface area (Å²) in [6.07, 6.45) is 0. The average Bonchev–Trinajstić information content (AvgIpc) is 2.98. The van der Waals surface area contributed by atoms with Gasteiger partial charge in [-0.1, -0.05) is 6.07 Å². The van der Waals surface area contributed by atoms with Crippen LogP contribution in [0.15, 0.2) is 46.9 Å². The molecule has 0 atom stereocenters. The predicted molar refractivity (Wildman–Crippen MR) is 82.2 cm³/mol. The van der Waals surface area contributed by atoms with E-state index in [1.165, 1.54) is 4.90 Å². The van der Waals surface area contributed by atoms with E-state index in [9.17, 15) is 4.79 Å². The van der Waals surface area contributed by atoms with Gasteiger partial charge in [-0.2, -0.15) is 5.26 Å². The number of aromatic nitrogens is 1. The summed E-state index contributed by atoms with van der Waals surface area (Å²) < 4.78 is 5.69. The van der Waals surface area contributed by atoms with Crippen molar-refractivity contribution < 1.29 is 9.21 Å². The number of nitriles is 1. The highest BCUT2D eigenvalue weighted by molar-refractivity contribution is 5.94. The zero-order valence-electron chi connectivity index (χ0n) is 12.2. The van der Waals surface area contributed by atoms with Crippen LogP contribution in [-0.2, 0) is 0 Å². The van der Waals surface area contributed by atoms with Gasteiger partial charge in [-0.15, -0.1) is 0 Å². The second kappa shape index (κ2) is 5.34. The van der Waals surface area contributed by atoms with Gasteiger partial charge < -0.3 is 9.32 Å². The summed E-state index contributed by atoms with van der Waals surface area (Å²) in [4.78, 5) is 17.8. The predicted octanol–water partition coefficient (Wildman–Crippen LogP) is 3.07. The van der Waals surface area contributed by atoms with Crippen molar-refractivity contribution in [3.63, 3.8) is 0 Å². The van der Waals surface area contributed by atoms with E-state index in [2.05, 4.69) is 11.1 Å². The van der Waals surface area contributed by atoms with E-state index < -0.39 is 0 Å². The highest BCUT2D eigenvalue weighted by atomic mass is 16.3. The highest BCUT2D eigenvalue weighted by Gasteiger charge is 2.13. The van der Waals surface area contributed by atoms with Crippen molar-refractivity contribution in [2.45, 2.75) is 0 Å². The summed E-state index contributed by atoms with van der Waals surface area (Å²) in [5.74, 6) is 0.373. The molecule has 5 nitrogen and oxygen atoms in total. The Hall–Kier alpha value is -3.13. The molecule has 0 spiro atoms. The maximum Gasteiger partial charge on any atom is 0.253 e. The lowest BCUT2D eigenvalue weighted by molar-refractivity contribution is 0.0827. The number of para-hydroxylation sites is 1. The Morgan fingerprint density at radius 2 is 1.91 bits per heavy atom. The van der Waals surface area contributed by atoms with Gasteiger partial charge in [0.05, 0.1) is 5.56 Å². The van der Waals surface area contributed by atoms with Crippen LogP contribution in [0.25, 0.3) is 22.6 Å². The zero-order chi connectivity index (χ0) is 15.7. The average molecular weight is 291 g/mol. The summed E-state index contributed by atoms with van der Waals surface area (Å²) in [6, 6.07) is 14.4. The number of carbonyl (C=O) groups excluding carboxylic acids is 1. The van der Waals surface area contributed by atoms with Crippen LogP contribution < -0.4 is 0 Å². The third kappa shape index (κ3) is 2.31. The van der Waals surface area contributed by atoms with Crippen LogP contribution >= 0.6 is 0 Å². The Balaban J connectivity index is 2.01. The fraction of sp³-hybridized carbons (Fsp3) is 0.118. The molecule has 0 aliphatic carbocycles. The fourth-order valence-corrected chi connectivity index (χ4v) is 2.18. The van der Waals surface area contributed by atoms with Gasteiger partial charge in [-0.3, -0.25) is 4.79 Å². The molecule has 0 fully saturated rings. The van der Waals surface area contributed by atoms with Crippen LogP contribution in [0.2, 0.25) is 0 Å². The standard InChI is InChI=1S/C17H13N3O2/c1-20(2)17(21)12-8-6-11(7-9-12)16-19-15-13(10-18)4-3-5-14(15)22-16/h3-9H,1-2H3. The topological polar surface area (TPSA) is 70.1 Å². The summed E-state index contributed by atoms with van der Waals surface area (Å²) in [6.45, 7) is 0. The minimum absolute atomic E-state index is 0.0594. The summed E-state index contributed by atoms with van der Waals surface area (Å²) in [5.41, 5.74) is 2.96. The number of benzene rings is 2. The third-order valence-electron chi connectivity index (χ3n) is 3.32. The molecule has 2 aromatic carbocycles. The van der Waals surface area contributed by atoms with Crippen LogP contribution in [0.5, 0.6) is 0 Å². The first-order chi connectivity index (χ1) is 10.6. The second-order valence-electron chi connectivity index (χ2n) is 5.06. The number of fused-ring (bicyclic) bond motifs is 1. The van der Waals surface area contributed by atoms with Crippen molar-refractivity contribution >= 4 is 17.0 Å². The molecule has 22 heavy (non-hydrogen) atoms. The molecule has 0 bridgehead atoms. The van der Waals surface area contributed by atoms with E-state index in [0.29, 0.717) is 28.1 Å². The second-order valence-corrected chi connectivity index (χ2v) is 5.06. The number of hydrogen-bond donors (Lipinski definition) is 0. The summed E-state index contributed by atoms with van der Waals surface area (Å²) in [5, 5.41) is 9.09. The van der Waals surface area contributed by atoms with E-state index in [1.54, 1.807) is 56.6 Å². The minimum atomic E-state index is -0.0594. The number of amides is 1. The Bertz CT molecular complexity index is 886. The van der Waals surface area contributed by atoms with Gasteiger partial charge >= 0.3 is 0 Å². The van der Waals surface area contributed by atoms with Crippen molar-refractivity contribution in [3.8, 4) is 17.5 Å². The molecular weight excluding hydrogens is 278 g/mol. The van der Waals surface area contributed by atoms with Crippen LogP contribution in [-0.4, -0.2) is 29.9 Å². The number of rotatable bonds is 2. The largest absolute Gasteiger partial charge is 0.436 e. The number of nitrogens with zero attached hydrogens (tertiary/aromatic N) is 3. The molecule has 0 unspecified atom stereocenters. The molecule has 3 rings (SSSR count). The monoisotopic (exact) mass is 291 g/mol. The maximum absolute atomic E-state index is 11.9. The summed E-state index contributed by atoms with van der Waals surface area (Å²) >= 11 is 0. The lowest BCUT2D eigenvalue weighted by Crippen LogP contribution is -2.21. The van der Waals surface area contributed by atoms with Crippen molar-refractivity contribution in [1.29, 1.82) is 5.26 Å². The van der Waals surface area contributed by atoms with Gasteiger partial charge in [0.15, 0.2) is 5.58 Å². The lowest BCUT2D eigenvalue weighted by Gasteiger charge is -2.09. The maximum atomic E-state index is 11.9. The van der Waals surface area contributed by atoms with Crippen LogP contribution in [0, 0.1) is 11.3 Å². The molecule has 1 aromatic heterocycles. The van der Waals surface area contributed by atoms with Gasteiger partial charge in [0.2, 0.25) is 5.89 Å². The number of carbonyl (C=O) groups is 1. The number of hydrogen-bond acceptors (Lipinski definition) is 4. The molecule has 0 aliphatic heterocycles. The van der Waals surface area contributed by atoms with E-state index >= 15 is 0 Å². The Morgan fingerprint density at radius 1 is 1.18 bits per heavy atom. The van der Waals surface area contributed by atoms with Crippen molar-refractivity contribution in [1.82, 2.24) is 9.88 Å². The Morgan fingerprint density at radius 3 is 2.55 bits per heavy atom. The smallest absolute Gasteiger partial charge is 0.253 e. The van der Waals surface area contributed by atoms with Crippen LogP contribution in [0.3, 0.4) is 0 Å². The normalized spacial score (nSPS) is 10.4. The fourth-order valence-electron chi connectivity index (χ4n) is 2.18. The van der Waals surface area contributed by atoms with Crippen LogP contribution in [0.1, 0.15) is 15.9 Å². The van der Waals surface area contributed by atoms with Gasteiger partial charge in [-0.05, 0) is 36.4 Å². The molecule has 0 aliphatic rings. The highest BCUT2D eigenvalue weighted by Crippen LogP contribution is 2.26. The SMILES string of the molecule is CN(C)C(=O)c1ccc(-c2nc3c(C#N)cccc3o2)cc1. The Labute approximate surface area is 127 Å². The first kappa shape index (κ1) is 13.8. The molecule has 0 N–H and O–H groups in total. The van der Waals surface area contributed by atoms with E-state index in [0.717, 1.165) is 5.56 Å². The third-order valence-corrected chi connectivity index (χ3v) is 3.32. The number of oxazole rings is 1. The van der Waals surface area contributed by atoms with Gasteiger partial charge in [0.25, 0.3) is 5.91 Å². The molecule has 1 amide bonds. The first-order valence-corrected chi connectivity index (χ1v) is 6.72. The molecule has 3 aromatic rings. The van der Waals surface area contributed by atoms with Gasteiger partial charge in [0, 0.05) is 25.2 Å². The molecular formula is C17H13N3O2. The van der Waals surface area contributed by atoms with E-state index in [1.807, 2.05) is 0 Å². The molecule has 1 heterocycles. The van der Waals surface area contributed by atoms with Crippen LogP contribution in [0.4, 0.5) is 0 Å². The molecule has 0 saturated carbocycles. The lowest BCUT2D eigenvalue weighted by atomic mass is 10.1. The molecule has 0 saturated heterocycles. The zero-order valence-corrected chi connectivity index (χ0v) is 12.2. The quantitative estimate of drug-likeness (QED) is 0.727. The summed E-state index contributed by atoms with van der Waals surface area (Å²) in [7, 11) is 3.42. The molecule has 108 valence electrons. The van der Waals surface area contributed by atoms with Gasteiger partial charge in [-0.25, -0.2) is 4.98 Å². The Kier molecular flexibility index (Phi) is 3.36. The van der Waals surface area contributed by atoms with E-state index in [-0.39, 0.29) is 5.91 Å². The minimum Gasteiger partial charge on any atom is -0.436 e. The molecule has 0 radical (unpaired) electrons. The van der Waals surface area contributed by atoms with E-state index in [4.69, 9.17) is 9.68 Å². The van der Waals surface area contributed by atoms with Crippen molar-refractivity contribution in [3.05, 3.63) is 53.6 Å². The van der Waals surface area contributed by atoms with Gasteiger partial charge in [0.1, 0.15) is 11.6 Å². The first-order valence-electron chi connectivity index (χ1n) is 6.72. The van der Waals surface area contributed by atoms with Crippen molar-refractivity contribution in [2.75, 3.05) is 14.1 Å². The van der Waals surface area contributed by atoms with Crippen molar-refractivity contribution in [2.24, 2.45) is 0 Å².